The van der Waals surface area contributed by atoms with Gasteiger partial charge in [-0.1, -0.05) is 108 Å². The van der Waals surface area contributed by atoms with Gasteiger partial charge in [-0.05, 0) is 30.9 Å². The molecule has 5 heteroatoms. The van der Waals surface area contributed by atoms with Crippen molar-refractivity contribution in [3.63, 3.8) is 0 Å². The van der Waals surface area contributed by atoms with Crippen LogP contribution >= 0.6 is 7.60 Å². The number of alkyl halides is 1. The van der Waals surface area contributed by atoms with Crippen LogP contribution in [0.4, 0.5) is 4.39 Å². The first-order valence-corrected chi connectivity index (χ1v) is 13.4. The molecule has 0 spiro atoms. The summed E-state index contributed by atoms with van der Waals surface area (Å²) in [4.78, 5) is 9.60. The molecule has 29 heavy (non-hydrogen) atoms. The lowest BCUT2D eigenvalue weighted by Gasteiger charge is -2.15. The lowest BCUT2D eigenvalue weighted by molar-refractivity contribution is 0.235. The van der Waals surface area contributed by atoms with E-state index >= 15 is 0 Å². The van der Waals surface area contributed by atoms with Gasteiger partial charge >= 0.3 is 7.60 Å². The van der Waals surface area contributed by atoms with Crippen LogP contribution in [0, 0.1) is 0 Å². The SMILES string of the molecule is CCCCCCCCCCCCCCCc1ccc(C(F)P(=O)(O)OCC)cc1. The van der Waals surface area contributed by atoms with Crippen molar-refractivity contribution in [3.8, 4) is 0 Å². The lowest BCUT2D eigenvalue weighted by atomic mass is 10.0. The van der Waals surface area contributed by atoms with Crippen molar-refractivity contribution in [2.24, 2.45) is 0 Å². The summed E-state index contributed by atoms with van der Waals surface area (Å²) in [6.45, 7) is 3.86. The molecule has 0 aliphatic carbocycles. The minimum Gasteiger partial charge on any atom is -0.322 e. The summed E-state index contributed by atoms with van der Waals surface area (Å²) in [6.07, 6.45) is 18.4. The van der Waals surface area contributed by atoms with Crippen molar-refractivity contribution in [2.45, 2.75) is 110 Å². The average molecular weight is 429 g/mol. The van der Waals surface area contributed by atoms with Gasteiger partial charge in [0.25, 0.3) is 0 Å². The van der Waals surface area contributed by atoms with E-state index in [0.29, 0.717) is 0 Å². The predicted octanol–water partition coefficient (Wildman–Crippen LogP) is 8.51. The molecule has 3 nitrogen and oxygen atoms in total. The van der Waals surface area contributed by atoms with Crippen molar-refractivity contribution in [1.29, 1.82) is 0 Å². The summed E-state index contributed by atoms with van der Waals surface area (Å²) in [5.41, 5.74) is 1.35. The molecule has 0 aromatic heterocycles. The molecular weight excluding hydrogens is 386 g/mol. The Hall–Kier alpha value is -0.700. The van der Waals surface area contributed by atoms with Gasteiger partial charge < -0.3 is 9.42 Å². The second-order valence-electron chi connectivity index (χ2n) is 8.05. The summed E-state index contributed by atoms with van der Waals surface area (Å²) >= 11 is 0. The highest BCUT2D eigenvalue weighted by Gasteiger charge is 2.33. The maximum atomic E-state index is 14.2. The molecule has 0 amide bonds. The van der Waals surface area contributed by atoms with Gasteiger partial charge in [0, 0.05) is 0 Å². The topological polar surface area (TPSA) is 46.5 Å². The van der Waals surface area contributed by atoms with Gasteiger partial charge in [-0.15, -0.1) is 0 Å². The van der Waals surface area contributed by atoms with Crippen molar-refractivity contribution in [2.75, 3.05) is 6.61 Å². The Morgan fingerprint density at radius 1 is 0.828 bits per heavy atom. The molecule has 0 aliphatic rings. The first-order chi connectivity index (χ1) is 14.0. The van der Waals surface area contributed by atoms with Crippen LogP contribution in [0.15, 0.2) is 24.3 Å². The molecule has 1 aromatic carbocycles. The highest BCUT2D eigenvalue weighted by Crippen LogP contribution is 2.57. The number of benzene rings is 1. The van der Waals surface area contributed by atoms with E-state index in [1.165, 1.54) is 77.0 Å². The van der Waals surface area contributed by atoms with E-state index in [1.54, 1.807) is 19.1 Å². The monoisotopic (exact) mass is 428 g/mol. The van der Waals surface area contributed by atoms with E-state index in [0.717, 1.165) is 18.4 Å². The van der Waals surface area contributed by atoms with Crippen molar-refractivity contribution in [3.05, 3.63) is 35.4 Å². The number of unbranched alkanes of at least 4 members (excludes halogenated alkanes) is 12. The number of halogens is 1. The maximum absolute atomic E-state index is 14.2. The van der Waals surface area contributed by atoms with Gasteiger partial charge in [-0.25, -0.2) is 4.39 Å². The summed E-state index contributed by atoms with van der Waals surface area (Å²) in [6, 6.07) is 6.91. The van der Waals surface area contributed by atoms with Crippen molar-refractivity contribution < 1.29 is 18.4 Å². The molecule has 0 saturated carbocycles. The molecule has 1 rings (SSSR count). The highest BCUT2D eigenvalue weighted by atomic mass is 31.2. The largest absolute Gasteiger partial charge is 0.366 e. The fourth-order valence-electron chi connectivity index (χ4n) is 3.63. The molecule has 2 unspecified atom stereocenters. The van der Waals surface area contributed by atoms with Crippen LogP contribution in [0.2, 0.25) is 0 Å². The first kappa shape index (κ1) is 26.3. The molecule has 2 atom stereocenters. The third-order valence-corrected chi connectivity index (χ3v) is 6.92. The van der Waals surface area contributed by atoms with Crippen molar-refractivity contribution in [1.82, 2.24) is 0 Å². The number of hydrogen-bond donors (Lipinski definition) is 1. The zero-order valence-corrected chi connectivity index (χ0v) is 19.5. The number of hydrogen-bond acceptors (Lipinski definition) is 2. The van der Waals surface area contributed by atoms with E-state index in [1.807, 2.05) is 12.1 Å². The Morgan fingerprint density at radius 3 is 1.72 bits per heavy atom. The Balaban J connectivity index is 2.07. The summed E-state index contributed by atoms with van der Waals surface area (Å²) in [5, 5.41) is 0. The lowest BCUT2D eigenvalue weighted by Crippen LogP contribution is -1.98. The summed E-state index contributed by atoms with van der Waals surface area (Å²) in [7, 11) is -4.24. The van der Waals surface area contributed by atoms with Crippen LogP contribution in [-0.4, -0.2) is 11.5 Å². The minimum atomic E-state index is -4.24. The van der Waals surface area contributed by atoms with E-state index in [4.69, 9.17) is 0 Å². The maximum Gasteiger partial charge on any atom is 0.366 e. The van der Waals surface area contributed by atoms with Crippen LogP contribution in [0.25, 0.3) is 0 Å². The van der Waals surface area contributed by atoms with Crippen LogP contribution in [0.1, 0.15) is 114 Å². The Kier molecular flexibility index (Phi) is 14.6. The molecule has 0 fully saturated rings. The standard InChI is InChI=1S/C24H42FO3P/c1-3-5-6-7-8-9-10-11-12-13-14-15-16-17-22-18-20-23(21-19-22)24(25)29(26,27)28-4-2/h18-21,24H,3-17H2,1-2H3,(H,26,27). The predicted molar refractivity (Wildman–Crippen MR) is 121 cm³/mol. The van der Waals surface area contributed by atoms with E-state index in [-0.39, 0.29) is 12.2 Å². The molecule has 0 aliphatic heterocycles. The van der Waals surface area contributed by atoms with E-state index in [2.05, 4.69) is 11.4 Å². The summed E-state index contributed by atoms with van der Waals surface area (Å²) in [5.74, 6) is -1.98. The number of aryl methyl sites for hydroxylation is 1. The molecule has 1 aromatic rings. The second-order valence-corrected chi connectivity index (χ2v) is 9.89. The average Bonchev–Trinajstić information content (AvgIpc) is 2.71. The van der Waals surface area contributed by atoms with Crippen LogP contribution < -0.4 is 0 Å². The third kappa shape index (κ3) is 11.9. The van der Waals surface area contributed by atoms with Crippen LogP contribution in [-0.2, 0) is 15.5 Å². The highest BCUT2D eigenvalue weighted by molar-refractivity contribution is 7.53. The normalized spacial score (nSPS) is 14.6. The zero-order valence-electron chi connectivity index (χ0n) is 18.6. The summed E-state index contributed by atoms with van der Waals surface area (Å²) < 4.78 is 30.6. The Labute approximate surface area is 178 Å². The second kappa shape index (κ2) is 16.1. The molecule has 0 saturated heterocycles. The Morgan fingerprint density at radius 2 is 1.28 bits per heavy atom. The van der Waals surface area contributed by atoms with Gasteiger partial charge in [0.05, 0.1) is 6.61 Å². The van der Waals surface area contributed by atoms with Crippen LogP contribution in [0.5, 0.6) is 0 Å². The molecule has 0 heterocycles. The van der Waals surface area contributed by atoms with Crippen LogP contribution in [0.3, 0.4) is 0 Å². The van der Waals surface area contributed by atoms with Gasteiger partial charge in [-0.2, -0.15) is 0 Å². The molecule has 168 valence electrons. The molecular formula is C24H42FO3P. The van der Waals surface area contributed by atoms with Gasteiger partial charge in [-0.3, -0.25) is 4.57 Å². The van der Waals surface area contributed by atoms with Crippen molar-refractivity contribution >= 4 is 7.60 Å². The Bertz CT molecular complexity index is 562. The third-order valence-electron chi connectivity index (χ3n) is 5.42. The van der Waals surface area contributed by atoms with E-state index < -0.39 is 13.5 Å². The smallest absolute Gasteiger partial charge is 0.322 e. The fourth-order valence-corrected chi connectivity index (χ4v) is 4.68. The zero-order chi connectivity index (χ0) is 21.4. The fraction of sp³-hybridized carbons (Fsp3) is 0.750. The minimum absolute atomic E-state index is 0.0192. The first-order valence-electron chi connectivity index (χ1n) is 11.7. The molecule has 0 radical (unpaired) electrons. The molecule has 0 bridgehead atoms. The number of rotatable bonds is 18. The van der Waals surface area contributed by atoms with Gasteiger partial charge in [0.1, 0.15) is 0 Å². The quantitative estimate of drug-likeness (QED) is 0.188. The molecule has 1 N–H and O–H groups in total. The van der Waals surface area contributed by atoms with E-state index in [9.17, 15) is 13.8 Å². The van der Waals surface area contributed by atoms with Gasteiger partial charge in [0.15, 0.2) is 0 Å². The van der Waals surface area contributed by atoms with Gasteiger partial charge in [0.2, 0.25) is 5.91 Å².